The first-order chi connectivity index (χ1) is 9.97. The number of rotatable bonds is 5. The molecule has 0 spiro atoms. The van der Waals surface area contributed by atoms with Gasteiger partial charge in [-0.2, -0.15) is 0 Å². The predicted octanol–water partition coefficient (Wildman–Crippen LogP) is 1.71. The lowest BCUT2D eigenvalue weighted by Crippen LogP contribution is -2.33. The van der Waals surface area contributed by atoms with Gasteiger partial charge >= 0.3 is 0 Å². The molecule has 0 saturated carbocycles. The second-order valence-electron chi connectivity index (χ2n) is 6.77. The Morgan fingerprint density at radius 3 is 2.62 bits per heavy atom. The minimum atomic E-state index is -0.194. The van der Waals surface area contributed by atoms with Gasteiger partial charge in [0.2, 0.25) is 5.82 Å². The van der Waals surface area contributed by atoms with Gasteiger partial charge in [-0.3, -0.25) is 9.89 Å². The van der Waals surface area contributed by atoms with Gasteiger partial charge in [0.1, 0.15) is 5.82 Å². The molecule has 21 heavy (non-hydrogen) atoms. The van der Waals surface area contributed by atoms with Crippen molar-refractivity contribution in [3.05, 3.63) is 11.6 Å². The van der Waals surface area contributed by atoms with Crippen LogP contribution in [0, 0.1) is 0 Å². The van der Waals surface area contributed by atoms with E-state index in [4.69, 9.17) is 0 Å². The zero-order valence-electron chi connectivity index (χ0n) is 13.4. The van der Waals surface area contributed by atoms with Gasteiger partial charge in [-0.25, -0.2) is 4.98 Å². The molecular formula is C15H27N5O. The van der Waals surface area contributed by atoms with E-state index in [1.165, 1.54) is 32.4 Å². The molecule has 0 radical (unpaired) electrons. The number of aromatic nitrogens is 3. The smallest absolute Gasteiger partial charge is 0.290 e. The van der Waals surface area contributed by atoms with Crippen molar-refractivity contribution in [3.63, 3.8) is 0 Å². The van der Waals surface area contributed by atoms with E-state index >= 15 is 0 Å². The Balaban J connectivity index is 1.70. The Bertz CT molecular complexity index is 457. The van der Waals surface area contributed by atoms with Crippen molar-refractivity contribution in [3.8, 4) is 0 Å². The van der Waals surface area contributed by atoms with E-state index in [1.54, 1.807) is 0 Å². The average molecular weight is 293 g/mol. The molecule has 0 aliphatic carbocycles. The molecule has 1 amide bonds. The van der Waals surface area contributed by atoms with Gasteiger partial charge in [0.05, 0.1) is 0 Å². The normalized spacial score (nSPS) is 16.9. The number of carbonyl (C=O) groups excluding carboxylic acids is 1. The zero-order chi connectivity index (χ0) is 15.3. The fraction of sp³-hybridized carbons (Fsp3) is 0.800. The second-order valence-corrected chi connectivity index (χ2v) is 6.77. The van der Waals surface area contributed by atoms with E-state index in [0.717, 1.165) is 18.8 Å². The summed E-state index contributed by atoms with van der Waals surface area (Å²) in [6, 6.07) is 0. The third-order valence-electron chi connectivity index (χ3n) is 3.78. The molecule has 6 nitrogen and oxygen atoms in total. The summed E-state index contributed by atoms with van der Waals surface area (Å²) in [5.74, 6) is 0.777. The predicted molar refractivity (Wildman–Crippen MR) is 82.3 cm³/mol. The molecule has 0 aromatic carbocycles. The van der Waals surface area contributed by atoms with Gasteiger partial charge in [0, 0.05) is 12.0 Å². The van der Waals surface area contributed by atoms with Crippen molar-refractivity contribution in [1.29, 1.82) is 0 Å². The molecule has 2 heterocycles. The van der Waals surface area contributed by atoms with E-state index < -0.39 is 0 Å². The number of H-pyrrole nitrogens is 1. The van der Waals surface area contributed by atoms with Crippen LogP contribution >= 0.6 is 0 Å². The van der Waals surface area contributed by atoms with E-state index in [1.807, 2.05) is 20.8 Å². The van der Waals surface area contributed by atoms with Crippen molar-refractivity contribution in [2.75, 3.05) is 26.2 Å². The van der Waals surface area contributed by atoms with Crippen LogP contribution in [0.4, 0.5) is 0 Å². The lowest BCUT2D eigenvalue weighted by Gasteiger charge is -2.26. The van der Waals surface area contributed by atoms with Gasteiger partial charge in [-0.15, -0.1) is 5.10 Å². The maximum Gasteiger partial charge on any atom is 0.290 e. The standard InChI is InChI=1S/C15H27N5O/c1-15(2,3)14-17-12(18-19-14)13(21)16-8-7-11-20-9-5-4-6-10-20/h4-11H2,1-3H3,(H,16,21)(H,17,18,19). The molecule has 1 fully saturated rings. The number of nitrogens with zero attached hydrogens (tertiary/aromatic N) is 3. The van der Waals surface area contributed by atoms with Crippen molar-refractivity contribution in [2.45, 2.75) is 51.9 Å². The number of likely N-dealkylation sites (tertiary alicyclic amines) is 1. The van der Waals surface area contributed by atoms with Gasteiger partial charge in [-0.1, -0.05) is 27.2 Å². The van der Waals surface area contributed by atoms with E-state index in [0.29, 0.717) is 6.54 Å². The summed E-state index contributed by atoms with van der Waals surface area (Å²) in [5, 5.41) is 9.72. The molecule has 1 aromatic rings. The summed E-state index contributed by atoms with van der Waals surface area (Å²) in [4.78, 5) is 18.7. The van der Waals surface area contributed by atoms with Crippen LogP contribution in [0.15, 0.2) is 0 Å². The summed E-state index contributed by atoms with van der Waals surface area (Å²) in [6.45, 7) is 10.2. The quantitative estimate of drug-likeness (QED) is 0.811. The minimum absolute atomic E-state index is 0.125. The molecule has 118 valence electrons. The number of nitrogens with one attached hydrogen (secondary N) is 2. The summed E-state index contributed by atoms with van der Waals surface area (Å²) >= 11 is 0. The molecular weight excluding hydrogens is 266 g/mol. The molecule has 0 unspecified atom stereocenters. The summed E-state index contributed by atoms with van der Waals surface area (Å²) < 4.78 is 0. The summed E-state index contributed by atoms with van der Waals surface area (Å²) in [5.41, 5.74) is -0.125. The van der Waals surface area contributed by atoms with Gasteiger partial charge in [0.15, 0.2) is 0 Å². The summed E-state index contributed by atoms with van der Waals surface area (Å²) in [7, 11) is 0. The maximum atomic E-state index is 12.0. The van der Waals surface area contributed by atoms with Crippen LogP contribution in [0.2, 0.25) is 0 Å². The number of hydrogen-bond donors (Lipinski definition) is 2. The van der Waals surface area contributed by atoms with Crippen LogP contribution in [0.1, 0.15) is 62.9 Å². The average Bonchev–Trinajstić information content (AvgIpc) is 2.94. The van der Waals surface area contributed by atoms with Crippen LogP contribution in [-0.4, -0.2) is 52.2 Å². The van der Waals surface area contributed by atoms with Crippen molar-refractivity contribution in [2.24, 2.45) is 0 Å². The highest BCUT2D eigenvalue weighted by Crippen LogP contribution is 2.17. The Hall–Kier alpha value is -1.43. The lowest BCUT2D eigenvalue weighted by atomic mass is 9.96. The fourth-order valence-corrected chi connectivity index (χ4v) is 2.47. The van der Waals surface area contributed by atoms with Crippen LogP contribution < -0.4 is 5.32 Å². The molecule has 2 N–H and O–H groups in total. The Morgan fingerprint density at radius 2 is 2.00 bits per heavy atom. The molecule has 1 saturated heterocycles. The van der Waals surface area contributed by atoms with Gasteiger partial charge in [-0.05, 0) is 38.9 Å². The number of aromatic amines is 1. The molecule has 6 heteroatoms. The van der Waals surface area contributed by atoms with Gasteiger partial charge in [0.25, 0.3) is 5.91 Å². The molecule has 0 bridgehead atoms. The molecule has 0 atom stereocenters. The summed E-state index contributed by atoms with van der Waals surface area (Å²) in [6.07, 6.45) is 4.94. The molecule has 2 rings (SSSR count). The lowest BCUT2D eigenvalue weighted by molar-refractivity contribution is 0.0941. The van der Waals surface area contributed by atoms with Crippen molar-refractivity contribution >= 4 is 5.91 Å². The first-order valence-corrected chi connectivity index (χ1v) is 7.90. The van der Waals surface area contributed by atoms with E-state index in [2.05, 4.69) is 25.4 Å². The minimum Gasteiger partial charge on any atom is -0.349 e. The number of amides is 1. The van der Waals surface area contributed by atoms with Crippen LogP contribution in [0.3, 0.4) is 0 Å². The maximum absolute atomic E-state index is 12.0. The van der Waals surface area contributed by atoms with Gasteiger partial charge < -0.3 is 10.2 Å². The monoisotopic (exact) mass is 293 g/mol. The SMILES string of the molecule is CC(C)(C)c1nc(C(=O)NCCCN2CCCCC2)n[nH]1. The van der Waals surface area contributed by atoms with Crippen LogP contribution in [0.25, 0.3) is 0 Å². The molecule has 1 aliphatic heterocycles. The van der Waals surface area contributed by atoms with Crippen molar-refractivity contribution < 1.29 is 4.79 Å². The second kappa shape index (κ2) is 7.02. The third kappa shape index (κ3) is 4.81. The zero-order valence-corrected chi connectivity index (χ0v) is 13.4. The first-order valence-electron chi connectivity index (χ1n) is 7.90. The topological polar surface area (TPSA) is 73.9 Å². The number of piperidine rings is 1. The Labute approximate surface area is 126 Å². The highest BCUT2D eigenvalue weighted by molar-refractivity contribution is 5.90. The Morgan fingerprint density at radius 1 is 1.29 bits per heavy atom. The van der Waals surface area contributed by atoms with E-state index in [-0.39, 0.29) is 17.1 Å². The third-order valence-corrected chi connectivity index (χ3v) is 3.78. The Kier molecular flexibility index (Phi) is 5.33. The highest BCUT2D eigenvalue weighted by Gasteiger charge is 2.21. The number of hydrogen-bond acceptors (Lipinski definition) is 4. The largest absolute Gasteiger partial charge is 0.349 e. The number of carbonyl (C=O) groups is 1. The van der Waals surface area contributed by atoms with Crippen LogP contribution in [0.5, 0.6) is 0 Å². The van der Waals surface area contributed by atoms with Crippen molar-refractivity contribution in [1.82, 2.24) is 25.4 Å². The fourth-order valence-electron chi connectivity index (χ4n) is 2.47. The molecule has 1 aliphatic rings. The highest BCUT2D eigenvalue weighted by atomic mass is 16.2. The molecule has 1 aromatic heterocycles. The first kappa shape index (κ1) is 15.9. The van der Waals surface area contributed by atoms with Crippen LogP contribution in [-0.2, 0) is 5.41 Å². The van der Waals surface area contributed by atoms with E-state index in [9.17, 15) is 4.79 Å².